The van der Waals surface area contributed by atoms with Crippen LogP contribution in [0.3, 0.4) is 0 Å². The summed E-state index contributed by atoms with van der Waals surface area (Å²) in [5.74, 6) is -2.05. The number of nitrogens with one attached hydrogen (secondary N) is 2. The van der Waals surface area contributed by atoms with E-state index in [2.05, 4.69) is 15.2 Å². The number of fused-ring (bicyclic) bond motifs is 2. The summed E-state index contributed by atoms with van der Waals surface area (Å²) < 4.78 is 14.6. The molecule has 0 saturated carbocycles. The molecule has 2 aromatic carbocycles. The van der Waals surface area contributed by atoms with E-state index >= 15 is 0 Å². The number of hydrogen-bond acceptors (Lipinski definition) is 5. The Bertz CT molecular complexity index is 1300. The number of benzene rings is 2. The van der Waals surface area contributed by atoms with E-state index in [1.54, 1.807) is 23.6 Å². The number of carboxylic acids is 1. The number of aromatic amines is 1. The van der Waals surface area contributed by atoms with Crippen molar-refractivity contribution in [2.45, 2.75) is 25.3 Å². The third kappa shape index (κ3) is 4.41. The SMILES string of the molecule is O=C(NC(Cc1c[nH]c2cc(F)ccc12)C(=O)O)C1CCCN(c2nc3ccccc3s2)C1. The van der Waals surface area contributed by atoms with Crippen molar-refractivity contribution in [3.05, 3.63) is 60.0 Å². The topological polar surface area (TPSA) is 98.3 Å². The number of para-hydroxylation sites is 1. The van der Waals surface area contributed by atoms with Crippen LogP contribution in [-0.2, 0) is 16.0 Å². The van der Waals surface area contributed by atoms with Crippen LogP contribution in [-0.4, -0.2) is 46.1 Å². The van der Waals surface area contributed by atoms with Gasteiger partial charge in [-0.3, -0.25) is 4.79 Å². The molecule has 2 atom stereocenters. The van der Waals surface area contributed by atoms with Gasteiger partial charge in [0.2, 0.25) is 5.91 Å². The molecular formula is C24H23FN4O3S. The number of piperidine rings is 1. The molecule has 7 nitrogen and oxygen atoms in total. The first kappa shape index (κ1) is 21.4. The number of nitrogens with zero attached hydrogens (tertiary/aromatic N) is 2. The Labute approximate surface area is 193 Å². The average Bonchev–Trinajstić information content (AvgIpc) is 3.42. The molecule has 1 aliphatic heterocycles. The summed E-state index contributed by atoms with van der Waals surface area (Å²) in [6.07, 6.45) is 3.31. The number of aromatic nitrogens is 2. The van der Waals surface area contributed by atoms with E-state index in [0.29, 0.717) is 18.5 Å². The van der Waals surface area contributed by atoms with Crippen molar-refractivity contribution in [1.29, 1.82) is 0 Å². The molecule has 170 valence electrons. The van der Waals surface area contributed by atoms with Crippen LogP contribution in [0.4, 0.5) is 9.52 Å². The van der Waals surface area contributed by atoms with Gasteiger partial charge < -0.3 is 20.3 Å². The van der Waals surface area contributed by atoms with Gasteiger partial charge in [0.15, 0.2) is 5.13 Å². The average molecular weight is 467 g/mol. The molecule has 1 fully saturated rings. The maximum absolute atomic E-state index is 13.5. The first-order valence-electron chi connectivity index (χ1n) is 10.9. The number of carbonyl (C=O) groups excluding carboxylic acids is 1. The van der Waals surface area contributed by atoms with E-state index in [4.69, 9.17) is 4.98 Å². The van der Waals surface area contributed by atoms with Gasteiger partial charge in [-0.15, -0.1) is 0 Å². The second kappa shape index (κ2) is 8.82. The molecule has 2 unspecified atom stereocenters. The lowest BCUT2D eigenvalue weighted by molar-refractivity contribution is -0.142. The number of carbonyl (C=O) groups is 2. The fourth-order valence-electron chi connectivity index (χ4n) is 4.40. The lowest BCUT2D eigenvalue weighted by atomic mass is 9.96. The van der Waals surface area contributed by atoms with Crippen LogP contribution >= 0.6 is 11.3 Å². The molecule has 0 spiro atoms. The van der Waals surface area contributed by atoms with E-state index in [9.17, 15) is 19.1 Å². The summed E-state index contributed by atoms with van der Waals surface area (Å²) in [4.78, 5) is 34.7. The molecule has 2 aromatic heterocycles. The molecule has 3 heterocycles. The summed E-state index contributed by atoms with van der Waals surface area (Å²) in [7, 11) is 0. The number of hydrogen-bond donors (Lipinski definition) is 3. The summed E-state index contributed by atoms with van der Waals surface area (Å²) in [6.45, 7) is 1.32. The van der Waals surface area contributed by atoms with Gasteiger partial charge in [0.1, 0.15) is 11.9 Å². The Hall–Kier alpha value is -3.46. The van der Waals surface area contributed by atoms with Crippen LogP contribution in [0, 0.1) is 11.7 Å². The van der Waals surface area contributed by atoms with Crippen molar-refractivity contribution in [2.75, 3.05) is 18.0 Å². The largest absolute Gasteiger partial charge is 0.480 e. The minimum Gasteiger partial charge on any atom is -0.480 e. The number of rotatable bonds is 6. The highest BCUT2D eigenvalue weighted by Gasteiger charge is 2.30. The smallest absolute Gasteiger partial charge is 0.326 e. The molecule has 0 radical (unpaired) electrons. The van der Waals surface area contributed by atoms with Gasteiger partial charge >= 0.3 is 5.97 Å². The maximum Gasteiger partial charge on any atom is 0.326 e. The molecule has 3 N–H and O–H groups in total. The fourth-order valence-corrected chi connectivity index (χ4v) is 5.40. The van der Waals surface area contributed by atoms with Crippen LogP contribution in [0.1, 0.15) is 18.4 Å². The lowest BCUT2D eigenvalue weighted by Gasteiger charge is -2.32. The predicted octanol–water partition coefficient (Wildman–Crippen LogP) is 3.95. The zero-order chi connectivity index (χ0) is 22.9. The van der Waals surface area contributed by atoms with Crippen LogP contribution in [0.15, 0.2) is 48.7 Å². The molecule has 1 amide bonds. The minimum atomic E-state index is -1.10. The molecular weight excluding hydrogens is 443 g/mol. The van der Waals surface area contributed by atoms with Gasteiger partial charge in [-0.05, 0) is 48.7 Å². The molecule has 9 heteroatoms. The number of aliphatic carboxylic acids is 1. The van der Waals surface area contributed by atoms with Crippen molar-refractivity contribution in [3.8, 4) is 0 Å². The first-order chi connectivity index (χ1) is 16.0. The van der Waals surface area contributed by atoms with Crippen molar-refractivity contribution in [2.24, 2.45) is 5.92 Å². The van der Waals surface area contributed by atoms with E-state index in [-0.39, 0.29) is 24.1 Å². The lowest BCUT2D eigenvalue weighted by Crippen LogP contribution is -2.49. The van der Waals surface area contributed by atoms with Crippen LogP contribution in [0.2, 0.25) is 0 Å². The Balaban J connectivity index is 1.28. The summed E-state index contributed by atoms with van der Waals surface area (Å²) in [5, 5.41) is 14.1. The molecule has 1 saturated heterocycles. The first-order valence-corrected chi connectivity index (χ1v) is 11.7. The highest BCUT2D eigenvalue weighted by Crippen LogP contribution is 2.31. The zero-order valence-electron chi connectivity index (χ0n) is 17.8. The Morgan fingerprint density at radius 1 is 1.30 bits per heavy atom. The van der Waals surface area contributed by atoms with E-state index in [1.165, 1.54) is 12.1 Å². The van der Waals surface area contributed by atoms with E-state index in [0.717, 1.165) is 39.3 Å². The number of H-pyrrole nitrogens is 1. The quantitative estimate of drug-likeness (QED) is 0.400. The van der Waals surface area contributed by atoms with Crippen LogP contribution < -0.4 is 10.2 Å². The number of halogens is 1. The molecule has 0 aliphatic carbocycles. The number of carboxylic acid groups (broad SMARTS) is 1. The second-order valence-corrected chi connectivity index (χ2v) is 9.37. The number of thiazole rings is 1. The van der Waals surface area contributed by atoms with Crippen molar-refractivity contribution < 1.29 is 19.1 Å². The summed E-state index contributed by atoms with van der Waals surface area (Å²) in [6, 6.07) is 11.2. The number of amides is 1. The molecule has 1 aliphatic rings. The Kier molecular flexibility index (Phi) is 5.72. The molecule has 0 bridgehead atoms. The Morgan fingerprint density at radius 2 is 2.15 bits per heavy atom. The zero-order valence-corrected chi connectivity index (χ0v) is 18.6. The predicted molar refractivity (Wildman–Crippen MR) is 126 cm³/mol. The van der Waals surface area contributed by atoms with E-state index in [1.807, 2.05) is 24.3 Å². The third-order valence-electron chi connectivity index (χ3n) is 6.11. The highest BCUT2D eigenvalue weighted by molar-refractivity contribution is 7.22. The standard InChI is InChI=1S/C24H23FN4O3S/c25-16-7-8-17-15(12-26-19(17)11-16)10-20(23(31)32)27-22(30)14-4-3-9-29(13-14)24-28-18-5-1-2-6-21(18)33-24/h1-2,5-8,11-12,14,20,26H,3-4,9-10,13H2,(H,27,30)(H,31,32). The molecule has 33 heavy (non-hydrogen) atoms. The third-order valence-corrected chi connectivity index (χ3v) is 7.21. The van der Waals surface area contributed by atoms with Crippen molar-refractivity contribution >= 4 is 49.5 Å². The molecule has 4 aromatic rings. The second-order valence-electron chi connectivity index (χ2n) is 8.36. The van der Waals surface area contributed by atoms with Crippen LogP contribution in [0.25, 0.3) is 21.1 Å². The maximum atomic E-state index is 13.5. The minimum absolute atomic E-state index is 0.112. The monoisotopic (exact) mass is 466 g/mol. The van der Waals surface area contributed by atoms with Crippen molar-refractivity contribution in [3.63, 3.8) is 0 Å². The van der Waals surface area contributed by atoms with Gasteiger partial charge in [0, 0.05) is 36.6 Å². The fraction of sp³-hybridized carbons (Fsp3) is 0.292. The van der Waals surface area contributed by atoms with E-state index < -0.39 is 12.0 Å². The number of anilines is 1. The van der Waals surface area contributed by atoms with Crippen molar-refractivity contribution in [1.82, 2.24) is 15.3 Å². The highest BCUT2D eigenvalue weighted by atomic mass is 32.1. The van der Waals surface area contributed by atoms with Gasteiger partial charge in [-0.2, -0.15) is 0 Å². The van der Waals surface area contributed by atoms with Gasteiger partial charge in [-0.1, -0.05) is 23.5 Å². The van der Waals surface area contributed by atoms with Crippen LogP contribution in [0.5, 0.6) is 0 Å². The molecule has 5 rings (SSSR count). The van der Waals surface area contributed by atoms with Gasteiger partial charge in [0.05, 0.1) is 16.1 Å². The summed E-state index contributed by atoms with van der Waals surface area (Å²) >= 11 is 1.60. The summed E-state index contributed by atoms with van der Waals surface area (Å²) in [5.41, 5.74) is 2.25. The van der Waals surface area contributed by atoms with Gasteiger partial charge in [-0.25, -0.2) is 14.2 Å². The Morgan fingerprint density at radius 3 is 2.97 bits per heavy atom. The normalized spacial score (nSPS) is 17.4. The van der Waals surface area contributed by atoms with Gasteiger partial charge in [0.25, 0.3) is 0 Å².